The standard InChI is InChI=1S/C6H8N3OS/c1-2-5(10)8-4-3-11-6(7)9-4/h3,7H,2H2,1H3,(H,8,10). The topological polar surface area (TPSA) is 65.8 Å². The van der Waals surface area contributed by atoms with Gasteiger partial charge in [-0.1, -0.05) is 6.92 Å². The van der Waals surface area contributed by atoms with E-state index in [0.29, 0.717) is 12.2 Å². The molecular weight excluding hydrogens is 162 g/mol. The first kappa shape index (κ1) is 8.00. The Balaban J connectivity index is 2.57. The van der Waals surface area contributed by atoms with Gasteiger partial charge in [0, 0.05) is 11.8 Å². The highest BCUT2D eigenvalue weighted by molar-refractivity contribution is 7.13. The van der Waals surface area contributed by atoms with Crippen LogP contribution in [0.15, 0.2) is 5.38 Å². The third-order valence-corrected chi connectivity index (χ3v) is 1.75. The fourth-order valence-corrected chi connectivity index (χ4v) is 1.05. The van der Waals surface area contributed by atoms with Crippen LogP contribution in [-0.2, 0) is 4.79 Å². The second-order valence-corrected chi connectivity index (χ2v) is 2.80. The van der Waals surface area contributed by atoms with Gasteiger partial charge in [-0.3, -0.25) is 10.5 Å². The largest absolute Gasteiger partial charge is 0.310 e. The van der Waals surface area contributed by atoms with Gasteiger partial charge in [0.2, 0.25) is 11.0 Å². The number of anilines is 1. The molecule has 1 amide bonds. The van der Waals surface area contributed by atoms with E-state index >= 15 is 0 Å². The van der Waals surface area contributed by atoms with E-state index in [4.69, 9.17) is 5.73 Å². The summed E-state index contributed by atoms with van der Waals surface area (Å²) in [5.41, 5.74) is 7.07. The molecule has 0 spiro atoms. The molecule has 59 valence electrons. The van der Waals surface area contributed by atoms with Crippen LogP contribution in [0.25, 0.3) is 0 Å². The van der Waals surface area contributed by atoms with Gasteiger partial charge in [0.15, 0.2) is 0 Å². The van der Waals surface area contributed by atoms with E-state index in [1.54, 1.807) is 12.3 Å². The van der Waals surface area contributed by atoms with E-state index in [-0.39, 0.29) is 11.0 Å². The zero-order valence-corrected chi connectivity index (χ0v) is 6.86. The molecule has 0 aliphatic heterocycles. The van der Waals surface area contributed by atoms with Crippen molar-refractivity contribution in [1.82, 2.24) is 10.7 Å². The summed E-state index contributed by atoms with van der Waals surface area (Å²) in [6, 6.07) is 0. The van der Waals surface area contributed by atoms with Crippen LogP contribution < -0.4 is 11.1 Å². The zero-order chi connectivity index (χ0) is 8.27. The van der Waals surface area contributed by atoms with Crippen molar-refractivity contribution >= 4 is 28.2 Å². The Hall–Kier alpha value is -1.10. The lowest BCUT2D eigenvalue weighted by Gasteiger charge is -1.95. The molecule has 0 aliphatic carbocycles. The van der Waals surface area contributed by atoms with E-state index in [1.807, 2.05) is 0 Å². The maximum Gasteiger partial charge on any atom is 0.225 e. The van der Waals surface area contributed by atoms with Crippen molar-refractivity contribution in [1.29, 1.82) is 0 Å². The number of amides is 1. The minimum absolute atomic E-state index is 0.0738. The van der Waals surface area contributed by atoms with Crippen molar-refractivity contribution in [2.75, 3.05) is 5.32 Å². The molecule has 11 heavy (non-hydrogen) atoms. The molecule has 1 heterocycles. The smallest absolute Gasteiger partial charge is 0.225 e. The maximum atomic E-state index is 10.8. The van der Waals surface area contributed by atoms with Crippen molar-refractivity contribution in [2.24, 2.45) is 0 Å². The number of hydrogen-bond acceptors (Lipinski definition) is 3. The molecule has 0 fully saturated rings. The summed E-state index contributed by atoms with van der Waals surface area (Å²) in [4.78, 5) is 14.5. The first-order valence-electron chi connectivity index (χ1n) is 3.19. The molecule has 4 nitrogen and oxygen atoms in total. The minimum Gasteiger partial charge on any atom is -0.310 e. The Morgan fingerprint density at radius 3 is 3.09 bits per heavy atom. The second kappa shape index (κ2) is 3.34. The number of nitrogens with one attached hydrogen (secondary N) is 2. The molecule has 1 radical (unpaired) electrons. The lowest BCUT2D eigenvalue weighted by atomic mass is 10.4. The molecule has 1 aromatic rings. The second-order valence-electron chi connectivity index (χ2n) is 1.94. The predicted molar refractivity (Wildman–Crippen MR) is 43.8 cm³/mol. The van der Waals surface area contributed by atoms with E-state index in [1.165, 1.54) is 11.3 Å². The Morgan fingerprint density at radius 1 is 1.91 bits per heavy atom. The van der Waals surface area contributed by atoms with Gasteiger partial charge in [-0.05, 0) is 0 Å². The van der Waals surface area contributed by atoms with Gasteiger partial charge >= 0.3 is 0 Å². The number of nitrogens with zero attached hydrogens (tertiary/aromatic N) is 1. The van der Waals surface area contributed by atoms with Gasteiger partial charge in [0.05, 0.1) is 0 Å². The number of hydrogen-bond donors (Lipinski definition) is 1. The fraction of sp³-hybridized carbons (Fsp3) is 0.333. The van der Waals surface area contributed by atoms with Crippen LogP contribution in [0.5, 0.6) is 0 Å². The summed E-state index contributed by atoms with van der Waals surface area (Å²) >= 11 is 1.20. The molecule has 0 bridgehead atoms. The lowest BCUT2D eigenvalue weighted by Crippen LogP contribution is -2.09. The first-order valence-corrected chi connectivity index (χ1v) is 4.07. The molecule has 1 rings (SSSR count). The molecule has 0 unspecified atom stereocenters. The van der Waals surface area contributed by atoms with E-state index in [9.17, 15) is 4.79 Å². The molecule has 0 saturated heterocycles. The number of carbonyl (C=O) groups excluding carboxylic acids is 1. The highest BCUT2D eigenvalue weighted by Crippen LogP contribution is 2.16. The minimum atomic E-state index is -0.0738. The lowest BCUT2D eigenvalue weighted by molar-refractivity contribution is -0.115. The van der Waals surface area contributed by atoms with E-state index in [0.717, 1.165) is 0 Å². The monoisotopic (exact) mass is 170 g/mol. The first-order chi connectivity index (χ1) is 5.22. The summed E-state index contributed by atoms with van der Waals surface area (Å²) in [6.07, 6.45) is 0.435. The fourth-order valence-electron chi connectivity index (χ4n) is 0.562. The van der Waals surface area contributed by atoms with Gasteiger partial charge in [0.1, 0.15) is 5.82 Å². The van der Waals surface area contributed by atoms with E-state index in [2.05, 4.69) is 10.3 Å². The van der Waals surface area contributed by atoms with Gasteiger partial charge in [-0.25, -0.2) is 4.98 Å². The van der Waals surface area contributed by atoms with Gasteiger partial charge in [-0.2, -0.15) is 0 Å². The van der Waals surface area contributed by atoms with Crippen molar-refractivity contribution in [2.45, 2.75) is 13.3 Å². The number of carbonyl (C=O) groups is 1. The molecule has 0 saturated carbocycles. The SMILES string of the molecule is CCC(=O)Nc1csc([NH])n1. The van der Waals surface area contributed by atoms with Crippen molar-refractivity contribution in [3.05, 3.63) is 5.38 Å². The Kier molecular flexibility index (Phi) is 2.43. The molecular formula is C6H8N3OS. The normalized spacial score (nSPS) is 9.55. The van der Waals surface area contributed by atoms with Crippen molar-refractivity contribution in [3.8, 4) is 0 Å². The van der Waals surface area contributed by atoms with Crippen LogP contribution in [0.3, 0.4) is 0 Å². The predicted octanol–water partition coefficient (Wildman–Crippen LogP) is 1.41. The Morgan fingerprint density at radius 2 is 2.64 bits per heavy atom. The van der Waals surface area contributed by atoms with Crippen LogP contribution in [0.2, 0.25) is 0 Å². The maximum absolute atomic E-state index is 10.8. The van der Waals surface area contributed by atoms with Gasteiger partial charge < -0.3 is 5.32 Å². The molecule has 0 aliphatic rings. The Labute approximate surface area is 68.4 Å². The summed E-state index contributed by atoms with van der Waals surface area (Å²) in [6.45, 7) is 1.77. The molecule has 0 atom stereocenters. The van der Waals surface area contributed by atoms with Crippen LogP contribution in [0.4, 0.5) is 10.9 Å². The summed E-state index contributed by atoms with van der Waals surface area (Å²) in [7, 11) is 0. The number of rotatable bonds is 2. The van der Waals surface area contributed by atoms with Gasteiger partial charge in [-0.15, -0.1) is 11.3 Å². The van der Waals surface area contributed by atoms with Gasteiger partial charge in [0.25, 0.3) is 0 Å². The molecule has 2 N–H and O–H groups in total. The van der Waals surface area contributed by atoms with Crippen LogP contribution in [-0.4, -0.2) is 10.9 Å². The summed E-state index contributed by atoms with van der Waals surface area (Å²) in [5, 5.41) is 4.42. The Bertz CT molecular complexity index is 258. The number of thiazole rings is 1. The molecule has 1 aromatic heterocycles. The average molecular weight is 170 g/mol. The molecule has 0 aromatic carbocycles. The van der Waals surface area contributed by atoms with Crippen LogP contribution >= 0.6 is 11.3 Å². The van der Waals surface area contributed by atoms with Crippen molar-refractivity contribution in [3.63, 3.8) is 0 Å². The number of aromatic nitrogens is 1. The third-order valence-electron chi connectivity index (χ3n) is 1.09. The van der Waals surface area contributed by atoms with Crippen molar-refractivity contribution < 1.29 is 4.79 Å². The highest BCUT2D eigenvalue weighted by atomic mass is 32.1. The quantitative estimate of drug-likeness (QED) is 0.729. The highest BCUT2D eigenvalue weighted by Gasteiger charge is 2.01. The van der Waals surface area contributed by atoms with E-state index < -0.39 is 0 Å². The molecule has 5 heteroatoms. The summed E-state index contributed by atoms with van der Waals surface area (Å²) < 4.78 is 0. The average Bonchev–Trinajstić information content (AvgIpc) is 2.35. The van der Waals surface area contributed by atoms with Crippen LogP contribution in [0, 0.1) is 0 Å². The summed E-state index contributed by atoms with van der Waals surface area (Å²) in [5.74, 6) is 0.405. The third kappa shape index (κ3) is 2.19. The van der Waals surface area contributed by atoms with Crippen LogP contribution in [0.1, 0.15) is 13.3 Å². The zero-order valence-electron chi connectivity index (χ0n) is 6.05.